The second kappa shape index (κ2) is 6.47. The second-order valence-electron chi connectivity index (χ2n) is 4.40. The molecule has 2 heterocycles. The summed E-state index contributed by atoms with van der Waals surface area (Å²) in [4.78, 5) is 23.1. The van der Waals surface area contributed by atoms with Crippen molar-refractivity contribution < 1.29 is 9.53 Å². The third kappa shape index (κ3) is 3.45. The van der Waals surface area contributed by atoms with Crippen molar-refractivity contribution in [1.29, 1.82) is 0 Å². The van der Waals surface area contributed by atoms with E-state index in [9.17, 15) is 4.79 Å². The molecule has 0 radical (unpaired) electrons. The Morgan fingerprint density at radius 1 is 1.38 bits per heavy atom. The van der Waals surface area contributed by atoms with E-state index in [1.807, 2.05) is 24.3 Å². The van der Waals surface area contributed by atoms with Crippen molar-refractivity contribution in [3.63, 3.8) is 0 Å². The number of fused-ring (bicyclic) bond motifs is 1. The van der Waals surface area contributed by atoms with E-state index in [0.717, 1.165) is 23.3 Å². The monoisotopic (exact) mass is 302 g/mol. The van der Waals surface area contributed by atoms with Gasteiger partial charge in [-0.1, -0.05) is 12.1 Å². The summed E-state index contributed by atoms with van der Waals surface area (Å²) in [5, 5.41) is 4.71. The number of H-pyrrole nitrogens is 1. The van der Waals surface area contributed by atoms with Crippen molar-refractivity contribution >= 4 is 28.3 Å². The molecule has 7 heteroatoms. The molecule has 2 N–H and O–H groups in total. The number of aromatic nitrogens is 3. The zero-order valence-corrected chi connectivity index (χ0v) is 12.0. The Morgan fingerprint density at radius 2 is 2.29 bits per heavy atom. The number of thiazole rings is 1. The van der Waals surface area contributed by atoms with Gasteiger partial charge in [-0.15, -0.1) is 11.3 Å². The van der Waals surface area contributed by atoms with Crippen molar-refractivity contribution in [1.82, 2.24) is 20.3 Å². The van der Waals surface area contributed by atoms with Gasteiger partial charge in [0.15, 0.2) is 5.69 Å². The molecular weight excluding hydrogens is 288 g/mol. The Morgan fingerprint density at radius 3 is 3.10 bits per heavy atom. The van der Waals surface area contributed by atoms with Crippen LogP contribution in [-0.4, -0.2) is 34.2 Å². The minimum atomic E-state index is -0.410. The summed E-state index contributed by atoms with van der Waals surface area (Å²) in [5.74, 6) is 0.502. The molecule has 0 fully saturated rings. The predicted molar refractivity (Wildman–Crippen MR) is 80.2 cm³/mol. The topological polar surface area (TPSA) is 79.9 Å². The van der Waals surface area contributed by atoms with Crippen LogP contribution in [0.25, 0.3) is 11.0 Å². The number of para-hydroxylation sites is 2. The van der Waals surface area contributed by atoms with Crippen molar-refractivity contribution in [3.05, 3.63) is 46.7 Å². The fourth-order valence-electron chi connectivity index (χ4n) is 1.91. The first kappa shape index (κ1) is 13.7. The lowest BCUT2D eigenvalue weighted by atomic mass is 10.3. The maximum Gasteiger partial charge on any atom is 0.359 e. The summed E-state index contributed by atoms with van der Waals surface area (Å²) >= 11 is 1.37. The standard InChI is InChI=1S/C14H14N4O2S/c19-14(12-7-21-9-16-12)20-8-15-6-5-13-17-10-3-1-2-4-11(10)18-13/h1-4,7,9,15H,5-6,8H2,(H,17,18). The third-order valence-corrected chi connectivity index (χ3v) is 3.51. The molecule has 3 aromatic rings. The molecule has 6 nitrogen and oxygen atoms in total. The van der Waals surface area contributed by atoms with Gasteiger partial charge >= 0.3 is 5.97 Å². The van der Waals surface area contributed by atoms with Crippen LogP contribution in [0.4, 0.5) is 0 Å². The number of hydrogen-bond acceptors (Lipinski definition) is 6. The molecule has 0 saturated heterocycles. The lowest BCUT2D eigenvalue weighted by Gasteiger charge is -2.04. The molecule has 0 amide bonds. The Balaban J connectivity index is 1.41. The van der Waals surface area contributed by atoms with Crippen molar-refractivity contribution in [2.24, 2.45) is 0 Å². The number of nitrogens with zero attached hydrogens (tertiary/aromatic N) is 2. The summed E-state index contributed by atoms with van der Waals surface area (Å²) in [7, 11) is 0. The number of carbonyl (C=O) groups excluding carboxylic acids is 1. The summed E-state index contributed by atoms with van der Waals surface area (Å²) in [6.45, 7) is 0.834. The highest BCUT2D eigenvalue weighted by molar-refractivity contribution is 7.07. The van der Waals surface area contributed by atoms with Crippen LogP contribution >= 0.6 is 11.3 Å². The van der Waals surface area contributed by atoms with Gasteiger partial charge in [0.25, 0.3) is 0 Å². The summed E-state index contributed by atoms with van der Waals surface area (Å²) < 4.78 is 5.05. The number of imidazole rings is 1. The average Bonchev–Trinajstić information content (AvgIpc) is 3.15. The van der Waals surface area contributed by atoms with Gasteiger partial charge in [-0.05, 0) is 12.1 Å². The highest BCUT2D eigenvalue weighted by atomic mass is 32.1. The summed E-state index contributed by atoms with van der Waals surface area (Å²) in [5.41, 5.74) is 3.94. The number of ether oxygens (including phenoxy) is 1. The fraction of sp³-hybridized carbons (Fsp3) is 0.214. The van der Waals surface area contributed by atoms with Crippen LogP contribution in [0.3, 0.4) is 0 Å². The normalized spacial score (nSPS) is 10.9. The van der Waals surface area contributed by atoms with Crippen molar-refractivity contribution in [3.8, 4) is 0 Å². The van der Waals surface area contributed by atoms with Crippen LogP contribution in [-0.2, 0) is 11.2 Å². The van der Waals surface area contributed by atoms with Gasteiger partial charge in [-0.3, -0.25) is 5.32 Å². The molecule has 0 aliphatic carbocycles. The smallest absolute Gasteiger partial charge is 0.359 e. The highest BCUT2D eigenvalue weighted by Gasteiger charge is 2.08. The number of benzene rings is 1. The van der Waals surface area contributed by atoms with Gasteiger partial charge < -0.3 is 9.72 Å². The van der Waals surface area contributed by atoms with Gasteiger partial charge in [0.2, 0.25) is 0 Å². The first-order valence-electron chi connectivity index (χ1n) is 6.52. The number of rotatable bonds is 6. The molecule has 2 aromatic heterocycles. The SMILES string of the molecule is O=C(OCNCCc1nc2ccccc2[nH]1)c1cscn1. The third-order valence-electron chi connectivity index (χ3n) is 2.92. The Bertz CT molecular complexity index is 690. The fourth-order valence-corrected chi connectivity index (χ4v) is 2.43. The molecule has 0 spiro atoms. The van der Waals surface area contributed by atoms with Gasteiger partial charge in [0.1, 0.15) is 12.6 Å². The van der Waals surface area contributed by atoms with E-state index < -0.39 is 5.97 Å². The van der Waals surface area contributed by atoms with Crippen molar-refractivity contribution in [2.75, 3.05) is 13.3 Å². The van der Waals surface area contributed by atoms with E-state index in [2.05, 4.69) is 20.3 Å². The lowest BCUT2D eigenvalue weighted by Crippen LogP contribution is -2.23. The number of carbonyl (C=O) groups is 1. The largest absolute Gasteiger partial charge is 0.445 e. The molecule has 0 aliphatic heterocycles. The van der Waals surface area contributed by atoms with E-state index >= 15 is 0 Å². The van der Waals surface area contributed by atoms with Crippen LogP contribution in [0.1, 0.15) is 16.3 Å². The number of hydrogen-bond donors (Lipinski definition) is 2. The van der Waals surface area contributed by atoms with Gasteiger partial charge in [-0.25, -0.2) is 14.8 Å². The van der Waals surface area contributed by atoms with E-state index in [1.165, 1.54) is 11.3 Å². The van der Waals surface area contributed by atoms with Crippen molar-refractivity contribution in [2.45, 2.75) is 6.42 Å². The quantitative estimate of drug-likeness (QED) is 0.413. The number of esters is 1. The number of nitrogens with one attached hydrogen (secondary N) is 2. The molecule has 3 rings (SSSR count). The summed E-state index contributed by atoms with van der Waals surface area (Å²) in [6, 6.07) is 7.90. The first-order chi connectivity index (χ1) is 10.3. The molecule has 0 unspecified atom stereocenters. The average molecular weight is 302 g/mol. The Kier molecular flexibility index (Phi) is 4.23. The molecule has 1 aromatic carbocycles. The zero-order chi connectivity index (χ0) is 14.5. The molecule has 108 valence electrons. The minimum absolute atomic E-state index is 0.163. The molecule has 0 aliphatic rings. The highest BCUT2D eigenvalue weighted by Crippen LogP contribution is 2.10. The van der Waals surface area contributed by atoms with E-state index in [0.29, 0.717) is 12.2 Å². The molecular formula is C14H14N4O2S. The first-order valence-corrected chi connectivity index (χ1v) is 7.47. The maximum absolute atomic E-state index is 11.5. The Labute approximate surface area is 125 Å². The second-order valence-corrected chi connectivity index (χ2v) is 5.12. The molecule has 0 atom stereocenters. The van der Waals surface area contributed by atoms with Crippen LogP contribution in [0, 0.1) is 0 Å². The zero-order valence-electron chi connectivity index (χ0n) is 11.2. The van der Waals surface area contributed by atoms with E-state index in [1.54, 1.807) is 10.9 Å². The van der Waals surface area contributed by atoms with Gasteiger partial charge in [0, 0.05) is 18.3 Å². The predicted octanol–water partition coefficient (Wildman–Crippen LogP) is 1.97. The van der Waals surface area contributed by atoms with E-state index in [4.69, 9.17) is 4.74 Å². The van der Waals surface area contributed by atoms with Crippen LogP contribution in [0.2, 0.25) is 0 Å². The number of aromatic amines is 1. The minimum Gasteiger partial charge on any atom is -0.445 e. The lowest BCUT2D eigenvalue weighted by molar-refractivity contribution is 0.0467. The maximum atomic E-state index is 11.5. The molecule has 0 bridgehead atoms. The van der Waals surface area contributed by atoms with Crippen LogP contribution in [0.15, 0.2) is 35.2 Å². The van der Waals surface area contributed by atoms with Crippen LogP contribution in [0.5, 0.6) is 0 Å². The van der Waals surface area contributed by atoms with Gasteiger partial charge in [-0.2, -0.15) is 0 Å². The Hall–Kier alpha value is -2.25. The molecule has 0 saturated carbocycles. The summed E-state index contributed by atoms with van der Waals surface area (Å²) in [6.07, 6.45) is 0.739. The van der Waals surface area contributed by atoms with Gasteiger partial charge in [0.05, 0.1) is 16.5 Å². The molecule has 21 heavy (non-hydrogen) atoms. The van der Waals surface area contributed by atoms with E-state index in [-0.39, 0.29) is 6.73 Å². The van der Waals surface area contributed by atoms with Crippen LogP contribution < -0.4 is 5.32 Å².